The van der Waals surface area contributed by atoms with Crippen molar-refractivity contribution in [3.63, 3.8) is 0 Å². The molecule has 56 valence electrons. The number of anilines is 1. The Bertz CT molecular complexity index is 193. The van der Waals surface area contributed by atoms with Crippen molar-refractivity contribution in [2.45, 2.75) is 13.0 Å². The fraction of sp³-hybridized carbons (Fsp3) is 0.500. The van der Waals surface area contributed by atoms with E-state index in [1.165, 1.54) is 0 Å². The number of nitrogens with two attached hydrogens (primary N) is 2. The van der Waals surface area contributed by atoms with Crippen molar-refractivity contribution >= 4 is 5.69 Å². The van der Waals surface area contributed by atoms with Gasteiger partial charge in [-0.15, -0.1) is 0 Å². The van der Waals surface area contributed by atoms with Crippen molar-refractivity contribution < 1.29 is 0 Å². The summed E-state index contributed by atoms with van der Waals surface area (Å²) in [5.74, 6) is 0. The molecule has 0 saturated carbocycles. The van der Waals surface area contributed by atoms with Crippen LogP contribution >= 0.6 is 0 Å². The lowest BCUT2D eigenvalue weighted by Gasteiger charge is -1.96. The van der Waals surface area contributed by atoms with Crippen molar-refractivity contribution in [1.29, 1.82) is 0 Å². The lowest BCUT2D eigenvalue weighted by Crippen LogP contribution is -2.05. The summed E-state index contributed by atoms with van der Waals surface area (Å²) < 4.78 is 1.79. The van der Waals surface area contributed by atoms with E-state index < -0.39 is 0 Å². The molecule has 0 saturated heterocycles. The van der Waals surface area contributed by atoms with Gasteiger partial charge in [0.2, 0.25) is 0 Å². The summed E-state index contributed by atoms with van der Waals surface area (Å²) in [5.41, 5.74) is 11.5. The van der Waals surface area contributed by atoms with Crippen molar-refractivity contribution in [3.8, 4) is 0 Å². The highest BCUT2D eigenvalue weighted by molar-refractivity contribution is 5.30. The van der Waals surface area contributed by atoms with Gasteiger partial charge in [0.25, 0.3) is 0 Å². The van der Waals surface area contributed by atoms with E-state index in [2.05, 4.69) is 5.10 Å². The summed E-state index contributed by atoms with van der Waals surface area (Å²) in [4.78, 5) is 0. The highest BCUT2D eigenvalue weighted by Crippen LogP contribution is 1.97. The third-order valence-electron chi connectivity index (χ3n) is 1.24. The summed E-state index contributed by atoms with van der Waals surface area (Å²) in [5, 5.41) is 3.99. The predicted molar refractivity (Wildman–Crippen MR) is 40.3 cm³/mol. The average molecular weight is 140 g/mol. The van der Waals surface area contributed by atoms with Gasteiger partial charge >= 0.3 is 0 Å². The monoisotopic (exact) mass is 140 g/mol. The SMILES string of the molecule is NCCCn1cc(N)cn1. The Labute approximate surface area is 59.8 Å². The van der Waals surface area contributed by atoms with E-state index in [4.69, 9.17) is 11.5 Å². The van der Waals surface area contributed by atoms with Gasteiger partial charge in [-0.1, -0.05) is 0 Å². The minimum Gasteiger partial charge on any atom is -0.396 e. The maximum atomic E-state index is 5.44. The first-order chi connectivity index (χ1) is 4.83. The van der Waals surface area contributed by atoms with Crippen molar-refractivity contribution in [2.24, 2.45) is 5.73 Å². The Hall–Kier alpha value is -1.03. The maximum Gasteiger partial charge on any atom is 0.0719 e. The van der Waals surface area contributed by atoms with Crippen LogP contribution in [0.3, 0.4) is 0 Å². The molecule has 1 aromatic heterocycles. The maximum absolute atomic E-state index is 5.44. The van der Waals surface area contributed by atoms with Crippen LogP contribution in [0.15, 0.2) is 12.4 Å². The fourth-order valence-corrected chi connectivity index (χ4v) is 0.755. The third kappa shape index (κ3) is 1.73. The zero-order valence-electron chi connectivity index (χ0n) is 5.83. The Morgan fingerprint density at radius 2 is 2.40 bits per heavy atom. The number of nitrogens with zero attached hydrogens (tertiary/aromatic N) is 2. The van der Waals surface area contributed by atoms with E-state index in [9.17, 15) is 0 Å². The van der Waals surface area contributed by atoms with Crippen LogP contribution in [0.4, 0.5) is 5.69 Å². The molecule has 10 heavy (non-hydrogen) atoms. The normalized spacial score (nSPS) is 10.1. The number of aryl methyl sites for hydroxylation is 1. The first kappa shape index (κ1) is 7.08. The van der Waals surface area contributed by atoms with Gasteiger partial charge in [-0.3, -0.25) is 4.68 Å². The van der Waals surface area contributed by atoms with Gasteiger partial charge in [0.05, 0.1) is 11.9 Å². The topological polar surface area (TPSA) is 69.9 Å². The van der Waals surface area contributed by atoms with E-state index in [0.29, 0.717) is 12.2 Å². The van der Waals surface area contributed by atoms with Gasteiger partial charge < -0.3 is 11.5 Å². The van der Waals surface area contributed by atoms with Crippen LogP contribution in [-0.4, -0.2) is 16.3 Å². The highest BCUT2D eigenvalue weighted by atomic mass is 15.3. The van der Waals surface area contributed by atoms with Gasteiger partial charge in [0.1, 0.15) is 0 Å². The van der Waals surface area contributed by atoms with E-state index >= 15 is 0 Å². The lowest BCUT2D eigenvalue weighted by atomic mass is 10.4. The molecule has 0 aliphatic heterocycles. The summed E-state index contributed by atoms with van der Waals surface area (Å²) >= 11 is 0. The average Bonchev–Trinajstić information content (AvgIpc) is 2.31. The fourth-order valence-electron chi connectivity index (χ4n) is 0.755. The molecule has 1 rings (SSSR count). The lowest BCUT2D eigenvalue weighted by molar-refractivity contribution is 0.585. The van der Waals surface area contributed by atoms with E-state index in [-0.39, 0.29) is 0 Å². The number of hydrogen-bond donors (Lipinski definition) is 2. The van der Waals surface area contributed by atoms with E-state index in [1.807, 2.05) is 0 Å². The summed E-state index contributed by atoms with van der Waals surface area (Å²) in [6, 6.07) is 0. The molecule has 0 bridgehead atoms. The molecule has 4 nitrogen and oxygen atoms in total. The summed E-state index contributed by atoms with van der Waals surface area (Å²) in [6.07, 6.45) is 4.38. The predicted octanol–water partition coefficient (Wildman–Crippen LogP) is -0.186. The molecule has 4 heteroatoms. The van der Waals surface area contributed by atoms with Crippen LogP contribution in [0.5, 0.6) is 0 Å². The quantitative estimate of drug-likeness (QED) is 0.611. The molecule has 0 amide bonds. The molecule has 1 heterocycles. The molecule has 0 fully saturated rings. The number of aromatic nitrogens is 2. The molecule has 0 atom stereocenters. The minimum absolute atomic E-state index is 0.694. The van der Waals surface area contributed by atoms with Crippen LogP contribution in [0, 0.1) is 0 Å². The first-order valence-electron chi connectivity index (χ1n) is 3.31. The standard InChI is InChI=1S/C6H12N4/c7-2-1-3-10-5-6(8)4-9-10/h4-5H,1-3,7-8H2. The second-order valence-corrected chi connectivity index (χ2v) is 2.18. The van der Waals surface area contributed by atoms with Crippen LogP contribution in [0.25, 0.3) is 0 Å². The van der Waals surface area contributed by atoms with Crippen molar-refractivity contribution in [3.05, 3.63) is 12.4 Å². The second kappa shape index (κ2) is 3.22. The molecular formula is C6H12N4. The Balaban J connectivity index is 2.42. The highest BCUT2D eigenvalue weighted by Gasteiger charge is 1.91. The van der Waals surface area contributed by atoms with Crippen LogP contribution in [0.2, 0.25) is 0 Å². The zero-order chi connectivity index (χ0) is 7.40. The van der Waals surface area contributed by atoms with Crippen molar-refractivity contribution in [1.82, 2.24) is 9.78 Å². The van der Waals surface area contributed by atoms with Crippen molar-refractivity contribution in [2.75, 3.05) is 12.3 Å². The van der Waals surface area contributed by atoms with Crippen LogP contribution in [-0.2, 0) is 6.54 Å². The number of nitrogen functional groups attached to an aromatic ring is 1. The smallest absolute Gasteiger partial charge is 0.0719 e. The largest absolute Gasteiger partial charge is 0.396 e. The number of hydrogen-bond acceptors (Lipinski definition) is 3. The molecule has 0 radical (unpaired) electrons. The van der Waals surface area contributed by atoms with Gasteiger partial charge in [-0.05, 0) is 13.0 Å². The van der Waals surface area contributed by atoms with E-state index in [1.54, 1.807) is 17.1 Å². The summed E-state index contributed by atoms with van der Waals surface area (Å²) in [7, 11) is 0. The molecule has 0 aliphatic carbocycles. The van der Waals surface area contributed by atoms with Gasteiger partial charge in [0.15, 0.2) is 0 Å². The van der Waals surface area contributed by atoms with Gasteiger partial charge in [-0.25, -0.2) is 0 Å². The van der Waals surface area contributed by atoms with E-state index in [0.717, 1.165) is 13.0 Å². The molecular weight excluding hydrogens is 128 g/mol. The molecule has 1 aromatic rings. The van der Waals surface area contributed by atoms with Gasteiger partial charge in [-0.2, -0.15) is 5.10 Å². The zero-order valence-corrected chi connectivity index (χ0v) is 5.83. The minimum atomic E-state index is 0.694. The first-order valence-corrected chi connectivity index (χ1v) is 3.31. The third-order valence-corrected chi connectivity index (χ3v) is 1.24. The molecule has 0 aromatic carbocycles. The Morgan fingerprint density at radius 1 is 1.60 bits per heavy atom. The Morgan fingerprint density at radius 3 is 2.90 bits per heavy atom. The van der Waals surface area contributed by atoms with Gasteiger partial charge in [0, 0.05) is 12.7 Å². The number of rotatable bonds is 3. The molecule has 4 N–H and O–H groups in total. The second-order valence-electron chi connectivity index (χ2n) is 2.18. The Kier molecular flexibility index (Phi) is 2.28. The van der Waals surface area contributed by atoms with Crippen LogP contribution in [0.1, 0.15) is 6.42 Å². The molecule has 0 aliphatic rings. The summed E-state index contributed by atoms with van der Waals surface area (Å²) in [6.45, 7) is 1.55. The van der Waals surface area contributed by atoms with Crippen LogP contribution < -0.4 is 11.5 Å². The molecule has 0 spiro atoms. The molecule has 0 unspecified atom stereocenters.